The third-order valence-electron chi connectivity index (χ3n) is 5.06. The molecule has 31 heavy (non-hydrogen) atoms. The maximum absolute atomic E-state index is 12.9. The summed E-state index contributed by atoms with van der Waals surface area (Å²) in [7, 11) is -3.43. The van der Waals surface area contributed by atoms with Crippen molar-refractivity contribution in [3.8, 4) is 0 Å². The number of benzene rings is 2. The molecule has 4 rings (SSSR count). The van der Waals surface area contributed by atoms with Crippen LogP contribution in [-0.2, 0) is 15.8 Å². The first-order valence-electron chi connectivity index (χ1n) is 9.83. The summed E-state index contributed by atoms with van der Waals surface area (Å²) in [5.41, 5.74) is 1.38. The zero-order valence-electron chi connectivity index (χ0n) is 16.6. The maximum atomic E-state index is 12.9. The van der Waals surface area contributed by atoms with Crippen molar-refractivity contribution in [2.24, 2.45) is 0 Å². The average molecular weight is 477 g/mol. The summed E-state index contributed by atoms with van der Waals surface area (Å²) < 4.78 is 27.3. The number of amides is 1. The molecule has 0 saturated carbocycles. The van der Waals surface area contributed by atoms with Crippen molar-refractivity contribution in [3.05, 3.63) is 75.2 Å². The second-order valence-electron chi connectivity index (χ2n) is 7.35. The Morgan fingerprint density at radius 1 is 1.13 bits per heavy atom. The van der Waals surface area contributed by atoms with Gasteiger partial charge in [-0.2, -0.15) is 0 Å². The van der Waals surface area contributed by atoms with E-state index in [-0.39, 0.29) is 22.6 Å². The zero-order chi connectivity index (χ0) is 21.8. The molecule has 0 bridgehead atoms. The molecule has 2 heterocycles. The van der Waals surface area contributed by atoms with Gasteiger partial charge in [0.15, 0.2) is 0 Å². The van der Waals surface area contributed by atoms with Gasteiger partial charge in [-0.25, -0.2) is 12.7 Å². The maximum Gasteiger partial charge on any atom is 0.286 e. The fourth-order valence-electron chi connectivity index (χ4n) is 3.48. The first kappa shape index (κ1) is 21.9. The van der Waals surface area contributed by atoms with Crippen molar-refractivity contribution < 1.29 is 13.2 Å². The molecule has 2 aromatic carbocycles. The Morgan fingerprint density at radius 2 is 1.87 bits per heavy atom. The molecule has 1 unspecified atom stereocenters. The number of carbonyl (C=O) groups is 1. The predicted molar refractivity (Wildman–Crippen MR) is 122 cm³/mol. The molecule has 1 aromatic heterocycles. The summed E-state index contributed by atoms with van der Waals surface area (Å²) in [5, 5.41) is 12.5. The highest BCUT2D eigenvalue weighted by atomic mass is 35.5. The van der Waals surface area contributed by atoms with E-state index in [0.29, 0.717) is 28.8 Å². The fourth-order valence-corrected chi connectivity index (χ4v) is 6.08. The number of halogens is 1. The van der Waals surface area contributed by atoms with Gasteiger partial charge in [0.05, 0.1) is 5.75 Å². The van der Waals surface area contributed by atoms with Gasteiger partial charge in [-0.05, 0) is 42.7 Å². The normalized spacial score (nSPS) is 17.4. The number of hydrogen-bond acceptors (Lipinski definition) is 6. The topological polar surface area (TPSA) is 92.3 Å². The number of piperidine rings is 1. The van der Waals surface area contributed by atoms with Crippen LogP contribution in [0.25, 0.3) is 0 Å². The van der Waals surface area contributed by atoms with E-state index in [0.717, 1.165) is 18.4 Å². The number of aromatic nitrogens is 2. The van der Waals surface area contributed by atoms with Crippen LogP contribution in [0.2, 0.25) is 5.02 Å². The molecular formula is C21H21ClN4O3S2. The lowest BCUT2D eigenvalue weighted by molar-refractivity contribution is 0.102. The summed E-state index contributed by atoms with van der Waals surface area (Å²) in [6, 6.07) is 16.0. The van der Waals surface area contributed by atoms with Gasteiger partial charge in [-0.3, -0.25) is 4.79 Å². The van der Waals surface area contributed by atoms with Crippen LogP contribution in [0, 0.1) is 0 Å². The highest BCUT2D eigenvalue weighted by Crippen LogP contribution is 2.31. The van der Waals surface area contributed by atoms with Crippen molar-refractivity contribution in [1.29, 1.82) is 0 Å². The van der Waals surface area contributed by atoms with Gasteiger partial charge in [-0.15, -0.1) is 10.2 Å². The van der Waals surface area contributed by atoms with Gasteiger partial charge in [0.2, 0.25) is 15.0 Å². The SMILES string of the molecule is O=C(Nc1ccc(Cl)cc1)c1nnc(C2CCCN(S(=O)(=O)Cc3ccccc3)C2)s1. The molecule has 1 aliphatic heterocycles. The van der Waals surface area contributed by atoms with E-state index < -0.39 is 10.0 Å². The number of hydrogen-bond donors (Lipinski definition) is 1. The average Bonchev–Trinajstić information content (AvgIpc) is 3.26. The Labute approximate surface area is 190 Å². The van der Waals surface area contributed by atoms with Crippen molar-refractivity contribution in [3.63, 3.8) is 0 Å². The van der Waals surface area contributed by atoms with Crippen LogP contribution < -0.4 is 5.32 Å². The molecule has 1 saturated heterocycles. The molecule has 1 atom stereocenters. The summed E-state index contributed by atoms with van der Waals surface area (Å²) in [5.74, 6) is -0.449. The number of rotatable bonds is 6. The zero-order valence-corrected chi connectivity index (χ0v) is 19.0. The molecule has 1 N–H and O–H groups in total. The summed E-state index contributed by atoms with van der Waals surface area (Å²) in [4.78, 5) is 12.5. The Bertz CT molecular complexity index is 1150. The van der Waals surface area contributed by atoms with Crippen LogP contribution in [0.1, 0.15) is 39.1 Å². The van der Waals surface area contributed by atoms with Crippen molar-refractivity contribution in [2.45, 2.75) is 24.5 Å². The van der Waals surface area contributed by atoms with Gasteiger partial charge in [0, 0.05) is 29.7 Å². The minimum Gasteiger partial charge on any atom is -0.320 e. The van der Waals surface area contributed by atoms with Crippen LogP contribution in [0.3, 0.4) is 0 Å². The number of sulfonamides is 1. The monoisotopic (exact) mass is 476 g/mol. The molecule has 0 radical (unpaired) electrons. The minimum absolute atomic E-state index is 0.0224. The van der Waals surface area contributed by atoms with Gasteiger partial charge < -0.3 is 5.32 Å². The third kappa shape index (κ3) is 5.48. The molecule has 1 fully saturated rings. The van der Waals surface area contributed by atoms with E-state index in [1.807, 2.05) is 30.3 Å². The van der Waals surface area contributed by atoms with Crippen molar-refractivity contribution >= 4 is 44.6 Å². The van der Waals surface area contributed by atoms with E-state index in [1.165, 1.54) is 15.6 Å². The number of carbonyl (C=O) groups excluding carboxylic acids is 1. The Hall–Kier alpha value is -2.33. The van der Waals surface area contributed by atoms with Crippen LogP contribution in [-0.4, -0.2) is 41.9 Å². The number of nitrogens with zero attached hydrogens (tertiary/aromatic N) is 3. The Morgan fingerprint density at radius 3 is 2.61 bits per heavy atom. The van der Waals surface area contributed by atoms with Crippen LogP contribution in [0.15, 0.2) is 54.6 Å². The molecule has 1 amide bonds. The molecule has 162 valence electrons. The molecule has 3 aromatic rings. The van der Waals surface area contributed by atoms with Crippen LogP contribution in [0.4, 0.5) is 5.69 Å². The standard InChI is InChI=1S/C21H21ClN4O3S2/c22-17-8-10-18(11-9-17)23-19(27)21-25-24-20(30-21)16-7-4-12-26(13-16)31(28,29)14-15-5-2-1-3-6-15/h1-3,5-6,8-11,16H,4,7,12-14H2,(H,23,27). The van der Waals surface area contributed by atoms with E-state index in [4.69, 9.17) is 11.6 Å². The molecule has 0 aliphatic carbocycles. The molecule has 0 spiro atoms. The number of anilines is 1. The smallest absolute Gasteiger partial charge is 0.286 e. The predicted octanol–water partition coefficient (Wildman–Crippen LogP) is 4.15. The largest absolute Gasteiger partial charge is 0.320 e. The lowest BCUT2D eigenvalue weighted by Gasteiger charge is -2.30. The van der Waals surface area contributed by atoms with E-state index >= 15 is 0 Å². The van der Waals surface area contributed by atoms with Gasteiger partial charge in [-0.1, -0.05) is 53.3 Å². The highest BCUT2D eigenvalue weighted by Gasteiger charge is 2.32. The first-order valence-corrected chi connectivity index (χ1v) is 12.6. The molecule has 1 aliphatic rings. The van der Waals surface area contributed by atoms with Gasteiger partial charge in [0.1, 0.15) is 5.01 Å². The van der Waals surface area contributed by atoms with E-state index in [1.54, 1.807) is 24.3 Å². The lowest BCUT2D eigenvalue weighted by atomic mass is 10.0. The second kappa shape index (κ2) is 9.44. The quantitative estimate of drug-likeness (QED) is 0.576. The fraction of sp³-hybridized carbons (Fsp3) is 0.286. The Balaban J connectivity index is 1.42. The second-order valence-corrected chi connectivity index (χ2v) is 10.8. The number of nitrogens with one attached hydrogen (secondary N) is 1. The van der Waals surface area contributed by atoms with Crippen molar-refractivity contribution in [1.82, 2.24) is 14.5 Å². The molecular weight excluding hydrogens is 456 g/mol. The first-order chi connectivity index (χ1) is 14.9. The van der Waals surface area contributed by atoms with Crippen LogP contribution >= 0.6 is 22.9 Å². The minimum atomic E-state index is -3.43. The highest BCUT2D eigenvalue weighted by molar-refractivity contribution is 7.88. The summed E-state index contributed by atoms with van der Waals surface area (Å²) in [6.07, 6.45) is 1.55. The molecule has 7 nitrogen and oxygen atoms in total. The van der Waals surface area contributed by atoms with Crippen molar-refractivity contribution in [2.75, 3.05) is 18.4 Å². The Kier molecular flexibility index (Phi) is 6.66. The van der Waals surface area contributed by atoms with E-state index in [9.17, 15) is 13.2 Å². The van der Waals surface area contributed by atoms with Gasteiger partial charge >= 0.3 is 0 Å². The summed E-state index contributed by atoms with van der Waals surface area (Å²) in [6.45, 7) is 0.844. The lowest BCUT2D eigenvalue weighted by Crippen LogP contribution is -2.39. The summed E-state index contributed by atoms with van der Waals surface area (Å²) >= 11 is 7.07. The third-order valence-corrected chi connectivity index (χ3v) is 8.21. The van der Waals surface area contributed by atoms with Gasteiger partial charge in [0.25, 0.3) is 5.91 Å². The molecule has 10 heteroatoms. The van der Waals surface area contributed by atoms with E-state index in [2.05, 4.69) is 15.5 Å². The van der Waals surface area contributed by atoms with Crippen LogP contribution in [0.5, 0.6) is 0 Å².